The second kappa shape index (κ2) is 9.08. The van der Waals surface area contributed by atoms with Crippen LogP contribution in [-0.4, -0.2) is 15.7 Å². The van der Waals surface area contributed by atoms with Crippen molar-refractivity contribution in [3.8, 4) is 5.75 Å². The van der Waals surface area contributed by atoms with Gasteiger partial charge in [0.15, 0.2) is 5.76 Å². The van der Waals surface area contributed by atoms with Gasteiger partial charge in [-0.2, -0.15) is 5.10 Å². The van der Waals surface area contributed by atoms with Crippen LogP contribution in [-0.2, 0) is 26.1 Å². The summed E-state index contributed by atoms with van der Waals surface area (Å²) >= 11 is 0. The molecule has 0 atom stereocenters. The molecule has 0 aliphatic rings. The van der Waals surface area contributed by atoms with Crippen LogP contribution in [0.4, 0.5) is 0 Å². The third kappa shape index (κ3) is 4.71. The van der Waals surface area contributed by atoms with Gasteiger partial charge < -0.3 is 14.5 Å². The Morgan fingerprint density at radius 1 is 1.29 bits per heavy atom. The van der Waals surface area contributed by atoms with Gasteiger partial charge in [0.05, 0.1) is 5.69 Å². The summed E-state index contributed by atoms with van der Waals surface area (Å²) in [7, 11) is 0. The molecule has 1 N–H and O–H groups in total. The summed E-state index contributed by atoms with van der Waals surface area (Å²) in [4.78, 5) is 12.3. The Hall–Kier alpha value is -3.28. The predicted octanol–water partition coefficient (Wildman–Crippen LogP) is 4.04. The molecule has 0 spiro atoms. The largest absolute Gasteiger partial charge is 0.485 e. The van der Waals surface area contributed by atoms with Crippen molar-refractivity contribution >= 4 is 5.91 Å². The van der Waals surface area contributed by atoms with Crippen LogP contribution in [0.3, 0.4) is 0 Å². The van der Waals surface area contributed by atoms with Crippen molar-refractivity contribution in [1.29, 1.82) is 0 Å². The van der Waals surface area contributed by atoms with Gasteiger partial charge in [0.1, 0.15) is 18.1 Å². The lowest BCUT2D eigenvalue weighted by molar-refractivity contribution is 0.0919. The molecule has 146 valence electrons. The van der Waals surface area contributed by atoms with Crippen molar-refractivity contribution in [3.63, 3.8) is 0 Å². The van der Waals surface area contributed by atoms with E-state index in [1.807, 2.05) is 55.1 Å². The van der Waals surface area contributed by atoms with Crippen LogP contribution in [0.15, 0.2) is 59.7 Å². The maximum Gasteiger partial charge on any atom is 0.287 e. The summed E-state index contributed by atoms with van der Waals surface area (Å²) in [6.45, 7) is 9.18. The minimum atomic E-state index is -0.262. The second-order valence-electron chi connectivity index (χ2n) is 6.43. The Balaban J connectivity index is 1.56. The third-order valence-corrected chi connectivity index (χ3v) is 4.40. The number of aryl methyl sites for hydroxylation is 2. The fourth-order valence-corrected chi connectivity index (χ4v) is 2.85. The lowest BCUT2D eigenvalue weighted by Gasteiger charge is -2.09. The molecule has 0 fully saturated rings. The molecular weight excluding hydrogens is 354 g/mol. The van der Waals surface area contributed by atoms with Gasteiger partial charge in [0.2, 0.25) is 0 Å². The van der Waals surface area contributed by atoms with E-state index in [-0.39, 0.29) is 18.3 Å². The smallest absolute Gasteiger partial charge is 0.287 e. The maximum absolute atomic E-state index is 12.3. The van der Waals surface area contributed by atoms with Crippen molar-refractivity contribution in [2.45, 2.75) is 40.0 Å². The number of hydrogen-bond donors (Lipinski definition) is 1. The third-order valence-electron chi connectivity index (χ3n) is 4.40. The van der Waals surface area contributed by atoms with E-state index in [2.05, 4.69) is 17.0 Å². The molecule has 0 aliphatic heterocycles. The van der Waals surface area contributed by atoms with Crippen LogP contribution in [0.25, 0.3) is 0 Å². The maximum atomic E-state index is 12.3. The molecule has 28 heavy (non-hydrogen) atoms. The molecule has 6 nitrogen and oxygen atoms in total. The normalized spacial score (nSPS) is 10.6. The number of aromatic nitrogens is 2. The molecule has 1 aromatic carbocycles. The van der Waals surface area contributed by atoms with Gasteiger partial charge in [-0.3, -0.25) is 9.48 Å². The van der Waals surface area contributed by atoms with Gasteiger partial charge in [0.25, 0.3) is 5.91 Å². The van der Waals surface area contributed by atoms with E-state index in [1.54, 1.807) is 12.1 Å². The number of allylic oxidation sites excluding steroid dienone is 1. The number of furan rings is 1. The average Bonchev–Trinajstić information content (AvgIpc) is 3.32. The number of nitrogens with zero attached hydrogens (tertiary/aromatic N) is 2. The molecule has 0 radical (unpaired) electrons. The molecule has 2 heterocycles. The predicted molar refractivity (Wildman–Crippen MR) is 107 cm³/mol. The SMILES string of the molecule is C=CCc1ccccc1OCc1ccc(C(=O)NCc2cn(CC)nc2C)o1. The zero-order valence-corrected chi connectivity index (χ0v) is 16.3. The first-order chi connectivity index (χ1) is 13.6. The van der Waals surface area contributed by atoms with Crippen molar-refractivity contribution in [2.75, 3.05) is 0 Å². The monoisotopic (exact) mass is 379 g/mol. The number of rotatable bonds is 9. The molecule has 0 unspecified atom stereocenters. The highest BCUT2D eigenvalue weighted by atomic mass is 16.5. The molecule has 0 aliphatic carbocycles. The summed E-state index contributed by atoms with van der Waals surface area (Å²) in [5.74, 6) is 1.38. The van der Waals surface area contributed by atoms with Gasteiger partial charge in [0, 0.05) is 24.8 Å². The van der Waals surface area contributed by atoms with Crippen LogP contribution in [0, 0.1) is 6.92 Å². The van der Waals surface area contributed by atoms with Crippen LogP contribution < -0.4 is 10.1 Å². The molecule has 1 amide bonds. The lowest BCUT2D eigenvalue weighted by atomic mass is 10.1. The number of carbonyl (C=O) groups excluding carboxylic acids is 1. The Bertz CT molecular complexity index is 956. The van der Waals surface area contributed by atoms with E-state index in [4.69, 9.17) is 9.15 Å². The molecule has 3 rings (SSSR count). The fourth-order valence-electron chi connectivity index (χ4n) is 2.85. The highest BCUT2D eigenvalue weighted by molar-refractivity contribution is 5.91. The molecule has 0 saturated carbocycles. The lowest BCUT2D eigenvalue weighted by Crippen LogP contribution is -2.22. The first-order valence-corrected chi connectivity index (χ1v) is 9.32. The Kier molecular flexibility index (Phi) is 6.32. The van der Waals surface area contributed by atoms with E-state index in [0.717, 1.165) is 35.5 Å². The van der Waals surface area contributed by atoms with E-state index in [1.165, 1.54) is 0 Å². The standard InChI is InChI=1S/C22H25N3O3/c1-4-8-17-9-6-7-10-20(17)27-15-19-11-12-21(28-19)22(26)23-13-18-14-25(5-2)24-16(18)3/h4,6-7,9-12,14H,1,5,8,13,15H2,2-3H3,(H,23,26). The number of ether oxygens (including phenoxy) is 1. The van der Waals surface area contributed by atoms with Crippen molar-refractivity contribution in [2.24, 2.45) is 0 Å². The van der Waals surface area contributed by atoms with Crippen LogP contribution in [0.1, 0.15) is 40.1 Å². The number of nitrogens with one attached hydrogen (secondary N) is 1. The highest BCUT2D eigenvalue weighted by Crippen LogP contribution is 2.20. The quantitative estimate of drug-likeness (QED) is 0.570. The van der Waals surface area contributed by atoms with E-state index in [0.29, 0.717) is 12.3 Å². The number of amides is 1. The van der Waals surface area contributed by atoms with Crippen molar-refractivity contribution in [3.05, 3.63) is 83.6 Å². The second-order valence-corrected chi connectivity index (χ2v) is 6.43. The summed E-state index contributed by atoms with van der Waals surface area (Å²) < 4.78 is 13.3. The fraction of sp³-hybridized carbons (Fsp3) is 0.273. The molecule has 6 heteroatoms. The molecule has 0 saturated heterocycles. The summed E-state index contributed by atoms with van der Waals surface area (Å²) in [5, 5.41) is 7.25. The Morgan fingerprint density at radius 3 is 2.86 bits per heavy atom. The topological polar surface area (TPSA) is 69.3 Å². The van der Waals surface area contributed by atoms with E-state index in [9.17, 15) is 4.79 Å². The average molecular weight is 379 g/mol. The molecule has 0 bridgehead atoms. The Labute approximate surface area is 164 Å². The number of carbonyl (C=O) groups is 1. The highest BCUT2D eigenvalue weighted by Gasteiger charge is 2.13. The van der Waals surface area contributed by atoms with Crippen LogP contribution >= 0.6 is 0 Å². The first-order valence-electron chi connectivity index (χ1n) is 9.32. The summed E-state index contributed by atoms with van der Waals surface area (Å²) in [5.41, 5.74) is 2.96. The summed E-state index contributed by atoms with van der Waals surface area (Å²) in [6, 6.07) is 11.2. The van der Waals surface area contributed by atoms with Crippen LogP contribution in [0.2, 0.25) is 0 Å². The minimum Gasteiger partial charge on any atom is -0.485 e. The molecule has 2 aromatic heterocycles. The van der Waals surface area contributed by atoms with Crippen molar-refractivity contribution in [1.82, 2.24) is 15.1 Å². The number of hydrogen-bond acceptors (Lipinski definition) is 4. The number of benzene rings is 1. The Morgan fingerprint density at radius 2 is 2.11 bits per heavy atom. The zero-order chi connectivity index (χ0) is 19.9. The van der Waals surface area contributed by atoms with Crippen LogP contribution in [0.5, 0.6) is 5.75 Å². The van der Waals surface area contributed by atoms with Gasteiger partial charge in [-0.15, -0.1) is 6.58 Å². The van der Waals surface area contributed by atoms with Gasteiger partial charge in [-0.25, -0.2) is 0 Å². The van der Waals surface area contributed by atoms with Gasteiger partial charge in [-0.05, 0) is 44.0 Å². The summed E-state index contributed by atoms with van der Waals surface area (Å²) in [6.07, 6.45) is 4.51. The first kappa shape index (κ1) is 19.5. The molecular formula is C22H25N3O3. The van der Waals surface area contributed by atoms with E-state index >= 15 is 0 Å². The zero-order valence-electron chi connectivity index (χ0n) is 16.3. The van der Waals surface area contributed by atoms with Crippen molar-refractivity contribution < 1.29 is 13.9 Å². The number of para-hydroxylation sites is 1. The van der Waals surface area contributed by atoms with E-state index < -0.39 is 0 Å². The van der Waals surface area contributed by atoms with Gasteiger partial charge in [-0.1, -0.05) is 24.3 Å². The minimum absolute atomic E-state index is 0.254. The molecule has 3 aromatic rings. The van der Waals surface area contributed by atoms with Gasteiger partial charge >= 0.3 is 0 Å².